The maximum Gasteiger partial charge on any atom is 0.416 e. The van der Waals surface area contributed by atoms with Gasteiger partial charge in [0.25, 0.3) is 11.8 Å². The van der Waals surface area contributed by atoms with Crippen LogP contribution < -0.4 is 4.90 Å². The zero-order valence-corrected chi connectivity index (χ0v) is 60.0. The summed E-state index contributed by atoms with van der Waals surface area (Å²) in [6, 6.07) is 35.7. The lowest BCUT2D eigenvalue weighted by Gasteiger charge is -2.44. The first kappa shape index (κ1) is 76.9. The van der Waals surface area contributed by atoms with Gasteiger partial charge in [-0.3, -0.25) is 29.0 Å². The highest BCUT2D eigenvalue weighted by Gasteiger charge is 2.50. The maximum absolute atomic E-state index is 14.3. The molecule has 10 rings (SSSR count). The van der Waals surface area contributed by atoms with E-state index in [4.69, 9.17) is 9.47 Å². The molecular weight excluding hydrogens is 1340 g/mol. The number of piperidine rings is 2. The third-order valence-electron chi connectivity index (χ3n) is 20.6. The lowest BCUT2D eigenvalue weighted by molar-refractivity contribution is -0.143. The maximum atomic E-state index is 14.3. The molecule has 3 aliphatic heterocycles. The fraction of sp³-hybridized carbons (Fsp3) is 0.500. The Labute approximate surface area is 597 Å². The summed E-state index contributed by atoms with van der Waals surface area (Å²) in [4.78, 5) is 83.9. The van der Waals surface area contributed by atoms with Gasteiger partial charge in [-0.15, -0.1) is 11.3 Å². The highest BCUT2D eigenvalue weighted by Crippen LogP contribution is 2.49. The highest BCUT2D eigenvalue weighted by atomic mass is 32.1. The molecule has 1 aromatic heterocycles. The predicted molar refractivity (Wildman–Crippen MR) is 380 cm³/mol. The Hall–Kier alpha value is -7.74. The van der Waals surface area contributed by atoms with E-state index in [-0.39, 0.29) is 60.9 Å². The molecule has 2 atom stereocenters. The molecule has 24 heteroatoms. The number of hydrogen-bond acceptors (Lipinski definition) is 11. The molecule has 550 valence electrons. The number of thiophene rings is 1. The summed E-state index contributed by atoms with van der Waals surface area (Å²) in [5.74, 6) is -1.76. The minimum atomic E-state index is -5.15. The third kappa shape index (κ3) is 19.4. The van der Waals surface area contributed by atoms with E-state index in [1.165, 1.54) is 46.1 Å². The molecule has 0 saturated carbocycles. The van der Waals surface area contributed by atoms with E-state index in [9.17, 15) is 59.8 Å². The van der Waals surface area contributed by atoms with Crippen molar-refractivity contribution in [2.45, 2.75) is 133 Å². The Bertz CT molecular complexity index is 3800. The normalized spacial score (nSPS) is 18.2. The van der Waals surface area contributed by atoms with Crippen LogP contribution in [0.25, 0.3) is 11.1 Å². The average molecular weight is 1440 g/mol. The number of para-hydroxylation sites is 1. The van der Waals surface area contributed by atoms with Gasteiger partial charge in [0.05, 0.1) is 34.3 Å². The summed E-state index contributed by atoms with van der Waals surface area (Å²) in [7, 11) is 5.37. The molecule has 3 fully saturated rings. The van der Waals surface area contributed by atoms with Crippen molar-refractivity contribution < 1.29 is 69.3 Å². The van der Waals surface area contributed by atoms with E-state index < -0.39 is 64.6 Å². The summed E-state index contributed by atoms with van der Waals surface area (Å²) in [5, 5.41) is 10.4. The fourth-order valence-electron chi connectivity index (χ4n) is 15.0. The second-order valence-electron chi connectivity index (χ2n) is 29.1. The molecule has 1 aliphatic carbocycles. The van der Waals surface area contributed by atoms with Gasteiger partial charge in [-0.1, -0.05) is 112 Å². The molecule has 3 saturated heterocycles. The van der Waals surface area contributed by atoms with Crippen LogP contribution in [-0.2, 0) is 55.4 Å². The first-order chi connectivity index (χ1) is 48.5. The van der Waals surface area contributed by atoms with Crippen molar-refractivity contribution in [2.24, 2.45) is 5.41 Å². The van der Waals surface area contributed by atoms with Crippen LogP contribution in [0.15, 0.2) is 133 Å². The first-order valence-electron chi connectivity index (χ1n) is 35.3. The second-order valence-corrected chi connectivity index (χ2v) is 30.3. The lowest BCUT2D eigenvalue weighted by Crippen LogP contribution is -2.50. The minimum absolute atomic E-state index is 0.0266. The SMILES string of the molecule is CN(CCN1CCC(N(C(=O)O)c2ccccc2-c2ccccc2)CC1)C(=O)CCCCCN(Cc1ccc(C(=O)N(C)CCCN(C)C(=O)CO[C@H]2Cc3ccccc3C23CCN(CC[C@]2(c4ccc(F)cc4)CN(C(=O)c4cc(C(F)(F)F)cc(C(F)(F)F)c4)CO2)CC3)s1)CC(C)(C)C. The molecule has 5 aromatic carbocycles. The van der Waals surface area contributed by atoms with Gasteiger partial charge in [0.2, 0.25) is 11.8 Å². The molecule has 5 amide bonds. The van der Waals surface area contributed by atoms with Crippen molar-refractivity contribution in [3.05, 3.63) is 182 Å². The van der Waals surface area contributed by atoms with E-state index in [0.29, 0.717) is 119 Å². The van der Waals surface area contributed by atoms with Gasteiger partial charge < -0.3 is 44.0 Å². The topological polar surface area (TPSA) is 150 Å². The van der Waals surface area contributed by atoms with E-state index in [0.717, 1.165) is 78.5 Å². The Morgan fingerprint density at radius 2 is 1.31 bits per heavy atom. The largest absolute Gasteiger partial charge is 0.465 e. The Balaban J connectivity index is 0.640. The van der Waals surface area contributed by atoms with Crippen molar-refractivity contribution in [2.75, 3.05) is 118 Å². The molecule has 4 aliphatic rings. The number of likely N-dealkylation sites (tertiary alicyclic amines) is 2. The van der Waals surface area contributed by atoms with Crippen LogP contribution in [0.3, 0.4) is 0 Å². The summed E-state index contributed by atoms with van der Waals surface area (Å²) < 4.78 is 110. The van der Waals surface area contributed by atoms with Gasteiger partial charge in [-0.05, 0) is 154 Å². The highest BCUT2D eigenvalue weighted by molar-refractivity contribution is 7.14. The lowest BCUT2D eigenvalue weighted by atomic mass is 9.72. The van der Waals surface area contributed by atoms with Gasteiger partial charge in [0, 0.05) is 114 Å². The van der Waals surface area contributed by atoms with Crippen LogP contribution >= 0.6 is 11.3 Å². The number of hydrogen-bond donors (Lipinski definition) is 1. The molecule has 1 spiro atoms. The van der Waals surface area contributed by atoms with Crippen molar-refractivity contribution in [3.63, 3.8) is 0 Å². The number of unbranched alkanes of at least 4 members (excludes halogenated alkanes) is 2. The van der Waals surface area contributed by atoms with Gasteiger partial charge in [-0.25, -0.2) is 9.18 Å². The van der Waals surface area contributed by atoms with Crippen molar-refractivity contribution in [1.82, 2.24) is 34.3 Å². The van der Waals surface area contributed by atoms with Crippen LogP contribution in [-0.4, -0.2) is 194 Å². The van der Waals surface area contributed by atoms with E-state index in [1.807, 2.05) is 90.8 Å². The van der Waals surface area contributed by atoms with E-state index >= 15 is 0 Å². The zero-order valence-electron chi connectivity index (χ0n) is 59.2. The molecule has 102 heavy (non-hydrogen) atoms. The molecule has 16 nitrogen and oxygen atoms in total. The summed E-state index contributed by atoms with van der Waals surface area (Å²) in [6.07, 6.45) is -4.32. The molecular formula is C78H95F7N8O8S. The molecule has 1 N–H and O–H groups in total. The van der Waals surface area contributed by atoms with Crippen LogP contribution in [0, 0.1) is 11.2 Å². The number of rotatable bonds is 28. The number of carboxylic acid groups (broad SMARTS) is 1. The fourth-order valence-corrected chi connectivity index (χ4v) is 16.1. The summed E-state index contributed by atoms with van der Waals surface area (Å²) in [6.45, 7) is 13.5. The Morgan fingerprint density at radius 1 is 0.676 bits per heavy atom. The quantitative estimate of drug-likeness (QED) is 0.0369. The number of alkyl halides is 6. The zero-order chi connectivity index (χ0) is 73.2. The number of carbonyl (C=O) groups is 5. The number of benzene rings is 5. The van der Waals surface area contributed by atoms with Gasteiger partial charge in [-0.2, -0.15) is 26.3 Å². The molecule has 0 bridgehead atoms. The number of fused-ring (bicyclic) bond motifs is 2. The van der Waals surface area contributed by atoms with Crippen LogP contribution in [0.1, 0.15) is 138 Å². The van der Waals surface area contributed by atoms with Crippen molar-refractivity contribution >= 4 is 46.7 Å². The molecule has 0 unspecified atom stereocenters. The monoisotopic (exact) mass is 1440 g/mol. The number of amides is 5. The van der Waals surface area contributed by atoms with Crippen LogP contribution in [0.2, 0.25) is 0 Å². The number of nitrogens with zero attached hydrogens (tertiary/aromatic N) is 8. The predicted octanol–water partition coefficient (Wildman–Crippen LogP) is 14.4. The Kier molecular flexibility index (Phi) is 25.1. The number of carbonyl (C=O) groups excluding carboxylic acids is 4. The summed E-state index contributed by atoms with van der Waals surface area (Å²) >= 11 is 1.49. The molecule has 0 radical (unpaired) electrons. The molecule has 4 heterocycles. The van der Waals surface area contributed by atoms with E-state index in [1.54, 1.807) is 23.9 Å². The van der Waals surface area contributed by atoms with Crippen molar-refractivity contribution in [3.8, 4) is 11.1 Å². The third-order valence-corrected chi connectivity index (χ3v) is 21.7. The van der Waals surface area contributed by atoms with Crippen molar-refractivity contribution in [1.29, 1.82) is 0 Å². The second kappa shape index (κ2) is 33.4. The van der Waals surface area contributed by atoms with Crippen LogP contribution in [0.5, 0.6) is 0 Å². The first-order valence-corrected chi connectivity index (χ1v) is 36.2. The standard InChI is InChI=1S/C78H95F7N8O8S/c1-74(2,3)52-91(38-16-8-11-24-69(94)87(5)44-45-89-39-31-62(32-40-89)93(73(98)99)66-23-15-13-21-64(66)55-18-9-7-10-19-55)50-63-29-30-67(102-63)72(97)88(6)37-17-36-86(4)70(95)51-100-68-48-56-20-12-14-22-65(56)75(68)33-41-90(42-34-75)43-35-76(58-25-27-61(79)28-26-58)53-92(54-101-76)71(96)57-46-59(77(80,81)82)49-60(47-57)78(83,84)85/h7,9-10,12-15,18-23,25-30,46-47,49,62,68H,8,11,16-17,24,31-45,48,50-54H2,1-6H3,(H,98,99)/t68-,76+/m0/s1. The summed E-state index contributed by atoms with van der Waals surface area (Å²) in [5.41, 5.74) is -0.295. The van der Waals surface area contributed by atoms with Gasteiger partial charge in [0.1, 0.15) is 24.8 Å². The number of anilines is 1. The smallest absolute Gasteiger partial charge is 0.416 e. The van der Waals surface area contributed by atoms with Crippen LogP contribution in [0.4, 0.5) is 41.2 Å². The number of likely N-dealkylation sites (N-methyl/N-ethyl adjacent to an activating group) is 2. The number of ether oxygens (including phenoxy) is 2. The Morgan fingerprint density at radius 3 is 1.99 bits per heavy atom. The van der Waals surface area contributed by atoms with Gasteiger partial charge in [0.15, 0.2) is 0 Å². The minimum Gasteiger partial charge on any atom is -0.465 e. The van der Waals surface area contributed by atoms with E-state index in [2.05, 4.69) is 47.6 Å². The average Bonchev–Trinajstić information content (AvgIpc) is 1.58. The molecule has 6 aromatic rings. The van der Waals surface area contributed by atoms with Gasteiger partial charge >= 0.3 is 18.4 Å². The number of halogens is 7.